The van der Waals surface area contributed by atoms with Gasteiger partial charge in [-0.05, 0) is 54.8 Å². The smallest absolute Gasteiger partial charge is 0.261 e. The molecule has 0 fully saturated rings. The lowest BCUT2D eigenvalue weighted by molar-refractivity contribution is -0.142. The van der Waals surface area contributed by atoms with Gasteiger partial charge >= 0.3 is 0 Å². The molecule has 35 heavy (non-hydrogen) atoms. The highest BCUT2D eigenvalue weighted by atomic mass is 79.9. The summed E-state index contributed by atoms with van der Waals surface area (Å²) in [6.07, 6.45) is 0.324. The summed E-state index contributed by atoms with van der Waals surface area (Å²) in [5.74, 6) is -0.0729. The summed E-state index contributed by atoms with van der Waals surface area (Å²) in [6.45, 7) is 3.73. The maximum absolute atomic E-state index is 13.6. The molecule has 0 saturated carbocycles. The molecule has 0 bridgehead atoms. The molecule has 1 N–H and O–H groups in total. The Balaban J connectivity index is 1.93. The average Bonchev–Trinajstić information content (AvgIpc) is 2.84. The van der Waals surface area contributed by atoms with E-state index in [9.17, 15) is 9.59 Å². The molecule has 0 aliphatic rings. The fraction of sp³-hybridized carbons (Fsp3) is 0.259. The number of benzene rings is 3. The Kier molecular flexibility index (Phi) is 9.61. The molecule has 2 amide bonds. The van der Waals surface area contributed by atoms with E-state index in [1.807, 2.05) is 56.3 Å². The number of carbonyl (C=O) groups is 2. The van der Waals surface area contributed by atoms with Gasteiger partial charge in [0.05, 0.1) is 0 Å². The molecule has 8 heteroatoms. The quantitative estimate of drug-likeness (QED) is 0.332. The summed E-state index contributed by atoms with van der Waals surface area (Å²) in [6, 6.07) is 17.6. The van der Waals surface area contributed by atoms with Crippen LogP contribution >= 0.6 is 39.1 Å². The van der Waals surface area contributed by atoms with E-state index in [0.717, 1.165) is 21.2 Å². The van der Waals surface area contributed by atoms with E-state index in [-0.39, 0.29) is 25.0 Å². The van der Waals surface area contributed by atoms with Gasteiger partial charge in [0.25, 0.3) is 5.91 Å². The zero-order chi connectivity index (χ0) is 25.5. The summed E-state index contributed by atoms with van der Waals surface area (Å²) in [5.41, 5.74) is 3.49. The SMILES string of the molecule is CNC(=O)[C@H](Cc1ccccc1)N(Cc1c(Cl)cccc1Cl)C(=O)COc1cc(C)c(Br)c(C)c1. The second-order valence-corrected chi connectivity index (χ2v) is 9.81. The first-order chi connectivity index (χ1) is 16.7. The lowest BCUT2D eigenvalue weighted by Gasteiger charge is -2.31. The van der Waals surface area contributed by atoms with Crippen molar-refractivity contribution in [1.29, 1.82) is 0 Å². The molecular formula is C27H27BrCl2N2O3. The molecule has 0 unspecified atom stereocenters. The molecule has 0 heterocycles. The number of nitrogens with zero attached hydrogens (tertiary/aromatic N) is 1. The van der Waals surface area contributed by atoms with Crippen molar-refractivity contribution >= 4 is 50.9 Å². The van der Waals surface area contributed by atoms with Crippen LogP contribution in [0, 0.1) is 13.8 Å². The number of carbonyl (C=O) groups excluding carboxylic acids is 2. The van der Waals surface area contributed by atoms with E-state index >= 15 is 0 Å². The Morgan fingerprint density at radius 3 is 2.17 bits per heavy atom. The van der Waals surface area contributed by atoms with Crippen molar-refractivity contribution in [1.82, 2.24) is 10.2 Å². The molecule has 3 aromatic rings. The lowest BCUT2D eigenvalue weighted by atomic mass is 10.0. The third-order valence-corrected chi connectivity index (χ3v) is 7.64. The number of likely N-dealkylation sites (N-methyl/N-ethyl adjacent to an activating group) is 1. The summed E-state index contributed by atoms with van der Waals surface area (Å²) < 4.78 is 6.86. The number of aryl methyl sites for hydroxylation is 2. The van der Waals surface area contributed by atoms with Crippen molar-refractivity contribution in [2.24, 2.45) is 0 Å². The molecule has 0 saturated heterocycles. The molecule has 0 aromatic heterocycles. The topological polar surface area (TPSA) is 58.6 Å². The van der Waals surface area contributed by atoms with Gasteiger partial charge in [-0.15, -0.1) is 0 Å². The first kappa shape index (κ1) is 27.1. The number of halogens is 3. The highest BCUT2D eigenvalue weighted by molar-refractivity contribution is 9.10. The van der Waals surface area contributed by atoms with E-state index in [2.05, 4.69) is 21.2 Å². The summed E-state index contributed by atoms with van der Waals surface area (Å²) in [5, 5.41) is 3.53. The first-order valence-corrected chi connectivity index (χ1v) is 12.6. The minimum absolute atomic E-state index is 0.0595. The monoisotopic (exact) mass is 576 g/mol. The molecule has 3 rings (SSSR count). The second kappa shape index (κ2) is 12.4. The molecule has 0 spiro atoms. The van der Waals surface area contributed by atoms with Gasteiger partial charge in [-0.25, -0.2) is 0 Å². The number of rotatable bonds is 9. The number of hydrogen-bond donors (Lipinski definition) is 1. The summed E-state index contributed by atoms with van der Waals surface area (Å²) in [7, 11) is 1.55. The minimum atomic E-state index is -0.792. The van der Waals surface area contributed by atoms with Gasteiger partial charge in [0, 0.05) is 40.1 Å². The molecule has 0 aliphatic carbocycles. The highest BCUT2D eigenvalue weighted by Gasteiger charge is 2.31. The zero-order valence-electron chi connectivity index (χ0n) is 19.8. The maximum atomic E-state index is 13.6. The van der Waals surface area contributed by atoms with Gasteiger partial charge < -0.3 is 15.0 Å². The zero-order valence-corrected chi connectivity index (χ0v) is 22.9. The lowest BCUT2D eigenvalue weighted by Crippen LogP contribution is -2.51. The standard InChI is InChI=1S/C27H27BrCl2N2O3/c1-17-12-20(13-18(2)26(17)28)35-16-25(33)32(15-21-22(29)10-7-11-23(21)30)24(27(34)31-3)14-19-8-5-4-6-9-19/h4-13,24H,14-16H2,1-3H3,(H,31,34)/t24-/m0/s1. The van der Waals surface area contributed by atoms with Crippen LogP contribution in [0.1, 0.15) is 22.3 Å². The van der Waals surface area contributed by atoms with Crippen molar-refractivity contribution in [3.8, 4) is 5.75 Å². The second-order valence-electron chi connectivity index (χ2n) is 8.20. The fourth-order valence-corrected chi connectivity index (χ4v) is 4.54. The molecule has 0 radical (unpaired) electrons. The Labute approximate surface area is 224 Å². The van der Waals surface area contributed by atoms with Crippen LogP contribution in [-0.4, -0.2) is 36.4 Å². The number of nitrogens with one attached hydrogen (secondary N) is 1. The number of hydrogen-bond acceptors (Lipinski definition) is 3. The number of ether oxygens (including phenoxy) is 1. The third kappa shape index (κ3) is 7.00. The molecule has 5 nitrogen and oxygen atoms in total. The van der Waals surface area contributed by atoms with Crippen LogP contribution in [0.2, 0.25) is 10.0 Å². The predicted octanol–water partition coefficient (Wildman–Crippen LogP) is 6.14. The van der Waals surface area contributed by atoms with E-state index < -0.39 is 6.04 Å². The van der Waals surface area contributed by atoms with Gasteiger partial charge in [0.2, 0.25) is 5.91 Å². The molecule has 1 atom stereocenters. The third-order valence-electron chi connectivity index (χ3n) is 5.68. The normalized spacial score (nSPS) is 11.6. The van der Waals surface area contributed by atoms with Crippen LogP contribution in [0.25, 0.3) is 0 Å². The van der Waals surface area contributed by atoms with Gasteiger partial charge in [0.15, 0.2) is 6.61 Å². The minimum Gasteiger partial charge on any atom is -0.484 e. The Morgan fingerprint density at radius 1 is 1.00 bits per heavy atom. The van der Waals surface area contributed by atoms with Gasteiger partial charge in [-0.3, -0.25) is 9.59 Å². The van der Waals surface area contributed by atoms with Crippen LogP contribution in [-0.2, 0) is 22.6 Å². The van der Waals surface area contributed by atoms with Crippen molar-refractivity contribution in [3.63, 3.8) is 0 Å². The van der Waals surface area contributed by atoms with Crippen LogP contribution in [0.3, 0.4) is 0 Å². The fourth-order valence-electron chi connectivity index (χ4n) is 3.79. The molecule has 0 aliphatic heterocycles. The van der Waals surface area contributed by atoms with Crippen molar-refractivity contribution < 1.29 is 14.3 Å². The van der Waals surface area contributed by atoms with Crippen molar-refractivity contribution in [2.75, 3.05) is 13.7 Å². The summed E-state index contributed by atoms with van der Waals surface area (Å²) in [4.78, 5) is 28.0. The first-order valence-electron chi connectivity index (χ1n) is 11.1. The Morgan fingerprint density at radius 2 is 1.60 bits per heavy atom. The Bertz CT molecular complexity index is 1160. The number of amides is 2. The van der Waals surface area contributed by atoms with Crippen LogP contribution in [0.15, 0.2) is 65.1 Å². The van der Waals surface area contributed by atoms with Crippen molar-refractivity contribution in [2.45, 2.75) is 32.9 Å². The highest BCUT2D eigenvalue weighted by Crippen LogP contribution is 2.28. The average molecular weight is 578 g/mol. The molecule has 3 aromatic carbocycles. The van der Waals surface area contributed by atoms with E-state index in [1.54, 1.807) is 25.2 Å². The van der Waals surface area contributed by atoms with Gasteiger partial charge in [0.1, 0.15) is 11.8 Å². The maximum Gasteiger partial charge on any atom is 0.261 e. The van der Waals surface area contributed by atoms with Crippen LogP contribution in [0.4, 0.5) is 0 Å². The van der Waals surface area contributed by atoms with Crippen molar-refractivity contribution in [3.05, 3.63) is 97.4 Å². The largest absolute Gasteiger partial charge is 0.484 e. The molecular weight excluding hydrogens is 551 g/mol. The van der Waals surface area contributed by atoms with E-state index in [0.29, 0.717) is 27.8 Å². The Hall–Kier alpha value is -2.54. The van der Waals surface area contributed by atoms with Gasteiger partial charge in [-0.2, -0.15) is 0 Å². The molecule has 184 valence electrons. The predicted molar refractivity (Wildman–Crippen MR) is 144 cm³/mol. The van der Waals surface area contributed by atoms with Gasteiger partial charge in [-0.1, -0.05) is 75.5 Å². The van der Waals surface area contributed by atoms with Crippen LogP contribution < -0.4 is 10.1 Å². The van der Waals surface area contributed by atoms with E-state index in [1.165, 1.54) is 4.90 Å². The van der Waals surface area contributed by atoms with E-state index in [4.69, 9.17) is 27.9 Å². The summed E-state index contributed by atoms with van der Waals surface area (Å²) >= 11 is 16.4. The van der Waals surface area contributed by atoms with Crippen LogP contribution in [0.5, 0.6) is 5.75 Å².